The van der Waals surface area contributed by atoms with Gasteiger partial charge in [0.1, 0.15) is 18.1 Å². The van der Waals surface area contributed by atoms with Crippen LogP contribution in [0.15, 0.2) is 54.6 Å². The van der Waals surface area contributed by atoms with E-state index in [0.717, 1.165) is 17.1 Å². The van der Waals surface area contributed by atoms with Gasteiger partial charge in [-0.1, -0.05) is 30.3 Å². The molecule has 19 heavy (non-hydrogen) atoms. The Morgan fingerprint density at radius 2 is 1.53 bits per heavy atom. The second kappa shape index (κ2) is 6.81. The monoisotopic (exact) mass is 257 g/mol. The summed E-state index contributed by atoms with van der Waals surface area (Å²) in [4.78, 5) is 0. The Hall–Kier alpha value is -2.00. The Bertz CT molecular complexity index is 482. The molecule has 0 fully saturated rings. The molecule has 2 N–H and O–H groups in total. The van der Waals surface area contributed by atoms with Gasteiger partial charge in [-0.25, -0.2) is 0 Å². The fourth-order valence-corrected chi connectivity index (χ4v) is 1.78. The van der Waals surface area contributed by atoms with Crippen LogP contribution in [0.3, 0.4) is 0 Å². The fraction of sp³-hybridized carbons (Fsp3) is 0.250. The highest BCUT2D eigenvalue weighted by molar-refractivity contribution is 5.29. The Balaban J connectivity index is 1.90. The van der Waals surface area contributed by atoms with E-state index in [1.54, 1.807) is 0 Å². The van der Waals surface area contributed by atoms with Crippen molar-refractivity contribution in [2.45, 2.75) is 13.0 Å². The molecule has 0 heterocycles. The highest BCUT2D eigenvalue weighted by Gasteiger charge is 2.07. The number of hydrogen-bond acceptors (Lipinski definition) is 3. The molecule has 0 saturated carbocycles. The van der Waals surface area contributed by atoms with E-state index in [-0.39, 0.29) is 6.04 Å². The van der Waals surface area contributed by atoms with Crippen LogP contribution in [0.2, 0.25) is 0 Å². The van der Waals surface area contributed by atoms with Crippen molar-refractivity contribution in [1.29, 1.82) is 0 Å². The summed E-state index contributed by atoms with van der Waals surface area (Å²) < 4.78 is 11.0. The summed E-state index contributed by atoms with van der Waals surface area (Å²) in [6, 6.07) is 17.4. The highest BCUT2D eigenvalue weighted by Crippen LogP contribution is 2.18. The summed E-state index contributed by atoms with van der Waals surface area (Å²) >= 11 is 0. The Labute approximate surface area is 114 Å². The maximum absolute atomic E-state index is 6.10. The van der Waals surface area contributed by atoms with E-state index in [4.69, 9.17) is 15.2 Å². The van der Waals surface area contributed by atoms with Gasteiger partial charge in [0.05, 0.1) is 12.6 Å². The van der Waals surface area contributed by atoms with Gasteiger partial charge in [0.2, 0.25) is 0 Å². The van der Waals surface area contributed by atoms with Crippen molar-refractivity contribution in [3.05, 3.63) is 60.2 Å². The number of rotatable bonds is 6. The second-order valence-corrected chi connectivity index (χ2v) is 4.23. The van der Waals surface area contributed by atoms with E-state index in [9.17, 15) is 0 Å². The van der Waals surface area contributed by atoms with Gasteiger partial charge in [-0.05, 0) is 36.8 Å². The van der Waals surface area contributed by atoms with Crippen LogP contribution in [-0.4, -0.2) is 13.2 Å². The van der Waals surface area contributed by atoms with Crippen molar-refractivity contribution in [1.82, 2.24) is 0 Å². The third-order valence-corrected chi connectivity index (χ3v) is 2.79. The summed E-state index contributed by atoms with van der Waals surface area (Å²) in [6.45, 7) is 3.09. The maximum Gasteiger partial charge on any atom is 0.119 e. The van der Waals surface area contributed by atoms with Crippen molar-refractivity contribution in [2.24, 2.45) is 5.73 Å². The minimum atomic E-state index is -0.143. The van der Waals surface area contributed by atoms with Crippen LogP contribution >= 0.6 is 0 Å². The van der Waals surface area contributed by atoms with Crippen molar-refractivity contribution < 1.29 is 9.47 Å². The van der Waals surface area contributed by atoms with Gasteiger partial charge in [0.15, 0.2) is 0 Å². The first kappa shape index (κ1) is 13.4. The first-order chi connectivity index (χ1) is 9.29. The zero-order valence-corrected chi connectivity index (χ0v) is 11.1. The van der Waals surface area contributed by atoms with E-state index < -0.39 is 0 Å². The van der Waals surface area contributed by atoms with Crippen molar-refractivity contribution in [3.8, 4) is 11.5 Å². The average molecular weight is 257 g/mol. The van der Waals surface area contributed by atoms with E-state index in [1.165, 1.54) is 0 Å². The SMILES string of the molecule is CCOc1ccc(C(N)COc2ccccc2)cc1. The standard InChI is InChI=1S/C16H19NO2/c1-2-18-15-10-8-13(9-11-15)16(17)12-19-14-6-4-3-5-7-14/h3-11,16H,2,12,17H2,1H3. The Morgan fingerprint density at radius 1 is 0.895 bits per heavy atom. The number of hydrogen-bond donors (Lipinski definition) is 1. The van der Waals surface area contributed by atoms with Crippen LogP contribution in [0, 0.1) is 0 Å². The van der Waals surface area contributed by atoms with E-state index in [2.05, 4.69) is 0 Å². The number of para-hydroxylation sites is 1. The molecule has 0 aliphatic carbocycles. The molecule has 2 rings (SSSR count). The van der Waals surface area contributed by atoms with Crippen LogP contribution in [0.4, 0.5) is 0 Å². The molecule has 3 heteroatoms. The van der Waals surface area contributed by atoms with E-state index in [0.29, 0.717) is 13.2 Å². The van der Waals surface area contributed by atoms with Crippen molar-refractivity contribution in [2.75, 3.05) is 13.2 Å². The first-order valence-electron chi connectivity index (χ1n) is 6.46. The zero-order valence-electron chi connectivity index (χ0n) is 11.1. The molecule has 1 unspecified atom stereocenters. The largest absolute Gasteiger partial charge is 0.494 e. The molecule has 0 spiro atoms. The maximum atomic E-state index is 6.10. The summed E-state index contributed by atoms with van der Waals surface area (Å²) in [5, 5.41) is 0. The Morgan fingerprint density at radius 3 is 2.16 bits per heavy atom. The summed E-state index contributed by atoms with van der Waals surface area (Å²) in [5.74, 6) is 1.70. The molecule has 0 amide bonds. The van der Waals surface area contributed by atoms with Gasteiger partial charge in [0.25, 0.3) is 0 Å². The highest BCUT2D eigenvalue weighted by atomic mass is 16.5. The molecular formula is C16H19NO2. The van der Waals surface area contributed by atoms with Gasteiger partial charge in [-0.3, -0.25) is 0 Å². The molecule has 100 valence electrons. The van der Waals surface area contributed by atoms with Gasteiger partial charge >= 0.3 is 0 Å². The zero-order chi connectivity index (χ0) is 13.5. The first-order valence-corrected chi connectivity index (χ1v) is 6.46. The lowest BCUT2D eigenvalue weighted by atomic mass is 10.1. The summed E-state index contributed by atoms with van der Waals surface area (Å²) in [7, 11) is 0. The molecule has 0 aliphatic heterocycles. The van der Waals surface area contributed by atoms with Gasteiger partial charge < -0.3 is 15.2 Å². The van der Waals surface area contributed by atoms with Crippen LogP contribution < -0.4 is 15.2 Å². The molecule has 2 aromatic carbocycles. The molecule has 0 aromatic heterocycles. The molecule has 0 radical (unpaired) electrons. The lowest BCUT2D eigenvalue weighted by molar-refractivity contribution is 0.290. The van der Waals surface area contributed by atoms with E-state index >= 15 is 0 Å². The lowest BCUT2D eigenvalue weighted by Crippen LogP contribution is -2.18. The topological polar surface area (TPSA) is 44.5 Å². The summed E-state index contributed by atoms with van der Waals surface area (Å²) in [6.07, 6.45) is 0. The Kier molecular flexibility index (Phi) is 4.81. The van der Waals surface area contributed by atoms with Crippen LogP contribution in [0.25, 0.3) is 0 Å². The van der Waals surface area contributed by atoms with Crippen molar-refractivity contribution in [3.63, 3.8) is 0 Å². The second-order valence-electron chi connectivity index (χ2n) is 4.23. The van der Waals surface area contributed by atoms with Gasteiger partial charge in [-0.15, -0.1) is 0 Å². The molecule has 0 saturated heterocycles. The predicted octanol–water partition coefficient (Wildman–Crippen LogP) is 3.16. The molecular weight excluding hydrogens is 238 g/mol. The van der Waals surface area contributed by atoms with Crippen LogP contribution in [0.1, 0.15) is 18.5 Å². The van der Waals surface area contributed by atoms with E-state index in [1.807, 2.05) is 61.5 Å². The van der Waals surface area contributed by atoms with Crippen molar-refractivity contribution >= 4 is 0 Å². The minimum Gasteiger partial charge on any atom is -0.494 e. The van der Waals surface area contributed by atoms with Crippen LogP contribution in [0.5, 0.6) is 11.5 Å². The number of nitrogens with two attached hydrogens (primary N) is 1. The lowest BCUT2D eigenvalue weighted by Gasteiger charge is -2.14. The minimum absolute atomic E-state index is 0.143. The number of ether oxygens (including phenoxy) is 2. The van der Waals surface area contributed by atoms with Gasteiger partial charge in [-0.2, -0.15) is 0 Å². The number of benzene rings is 2. The average Bonchev–Trinajstić information content (AvgIpc) is 2.47. The smallest absolute Gasteiger partial charge is 0.119 e. The normalized spacial score (nSPS) is 11.9. The van der Waals surface area contributed by atoms with Gasteiger partial charge in [0, 0.05) is 0 Å². The molecule has 2 aromatic rings. The molecule has 3 nitrogen and oxygen atoms in total. The molecule has 0 aliphatic rings. The third-order valence-electron chi connectivity index (χ3n) is 2.79. The predicted molar refractivity (Wildman–Crippen MR) is 76.5 cm³/mol. The third kappa shape index (κ3) is 4.00. The fourth-order valence-electron chi connectivity index (χ4n) is 1.78. The van der Waals surface area contributed by atoms with Crippen LogP contribution in [-0.2, 0) is 0 Å². The molecule has 0 bridgehead atoms. The quantitative estimate of drug-likeness (QED) is 0.864. The summed E-state index contributed by atoms with van der Waals surface area (Å²) in [5.41, 5.74) is 7.14. The molecule has 1 atom stereocenters.